The van der Waals surface area contributed by atoms with Crippen molar-refractivity contribution in [3.05, 3.63) is 5.82 Å². The number of esters is 1. The fourth-order valence-electron chi connectivity index (χ4n) is 3.43. The van der Waals surface area contributed by atoms with Crippen molar-refractivity contribution in [2.75, 3.05) is 0 Å². The molecule has 3 unspecified atom stereocenters. The predicted octanol–water partition coefficient (Wildman–Crippen LogP) is 2.97. The van der Waals surface area contributed by atoms with Gasteiger partial charge in [0.25, 0.3) is 0 Å². The van der Waals surface area contributed by atoms with E-state index in [9.17, 15) is 4.79 Å². The molecule has 1 saturated carbocycles. The van der Waals surface area contributed by atoms with E-state index in [0.29, 0.717) is 23.6 Å². The van der Waals surface area contributed by atoms with Gasteiger partial charge in [-0.15, -0.1) is 5.10 Å². The quantitative estimate of drug-likeness (QED) is 0.797. The lowest BCUT2D eigenvalue weighted by Gasteiger charge is -2.36. The fourth-order valence-corrected chi connectivity index (χ4v) is 3.43. The molecular formula is C17H30N4O2. The summed E-state index contributed by atoms with van der Waals surface area (Å²) in [5.41, 5.74) is -0.205. The van der Waals surface area contributed by atoms with E-state index >= 15 is 0 Å². The van der Waals surface area contributed by atoms with E-state index in [1.165, 1.54) is 6.42 Å². The number of carbonyl (C=O) groups is 1. The zero-order valence-corrected chi connectivity index (χ0v) is 15.2. The molecule has 2 rings (SSSR count). The largest absolute Gasteiger partial charge is 0.461 e. The van der Waals surface area contributed by atoms with Gasteiger partial charge in [0.1, 0.15) is 12.6 Å². The Labute approximate surface area is 139 Å². The molecule has 6 heteroatoms. The predicted molar refractivity (Wildman–Crippen MR) is 87.7 cm³/mol. The topological polar surface area (TPSA) is 69.9 Å². The van der Waals surface area contributed by atoms with E-state index in [1.807, 2.05) is 20.8 Å². The van der Waals surface area contributed by atoms with Crippen molar-refractivity contribution in [2.24, 2.45) is 17.8 Å². The monoisotopic (exact) mass is 322 g/mol. The SMILES string of the molecule is CC1CCC(C(C)C)C(OC(=O)Cn2nnnc2C(C)(C)C)C1. The maximum absolute atomic E-state index is 12.4. The minimum Gasteiger partial charge on any atom is -0.461 e. The van der Waals surface area contributed by atoms with Gasteiger partial charge in [0, 0.05) is 5.41 Å². The van der Waals surface area contributed by atoms with Crippen molar-refractivity contribution in [1.82, 2.24) is 20.2 Å². The average molecular weight is 322 g/mol. The molecule has 23 heavy (non-hydrogen) atoms. The average Bonchev–Trinajstić information content (AvgIpc) is 2.86. The van der Waals surface area contributed by atoms with Gasteiger partial charge in [0.05, 0.1) is 0 Å². The second kappa shape index (κ2) is 6.97. The molecule has 0 aliphatic heterocycles. The molecule has 1 heterocycles. The van der Waals surface area contributed by atoms with Gasteiger partial charge in [0.2, 0.25) is 0 Å². The molecule has 1 fully saturated rings. The van der Waals surface area contributed by atoms with E-state index in [4.69, 9.17) is 4.74 Å². The van der Waals surface area contributed by atoms with Crippen molar-refractivity contribution in [3.63, 3.8) is 0 Å². The summed E-state index contributed by atoms with van der Waals surface area (Å²) in [6.07, 6.45) is 3.32. The number of aromatic nitrogens is 4. The maximum atomic E-state index is 12.4. The number of hydrogen-bond acceptors (Lipinski definition) is 5. The van der Waals surface area contributed by atoms with Crippen LogP contribution in [0.4, 0.5) is 0 Å². The minimum absolute atomic E-state index is 0.0146. The Morgan fingerprint density at radius 3 is 2.65 bits per heavy atom. The number of tetrazole rings is 1. The van der Waals surface area contributed by atoms with Crippen LogP contribution in [-0.4, -0.2) is 32.3 Å². The molecule has 0 aromatic carbocycles. The number of hydrogen-bond donors (Lipinski definition) is 0. The van der Waals surface area contributed by atoms with E-state index in [0.717, 1.165) is 12.8 Å². The van der Waals surface area contributed by atoms with Gasteiger partial charge < -0.3 is 4.74 Å². The fraction of sp³-hybridized carbons (Fsp3) is 0.882. The lowest BCUT2D eigenvalue weighted by molar-refractivity contribution is -0.157. The Balaban J connectivity index is 2.02. The summed E-state index contributed by atoms with van der Waals surface area (Å²) in [6, 6.07) is 0. The van der Waals surface area contributed by atoms with Crippen LogP contribution in [0.25, 0.3) is 0 Å². The summed E-state index contributed by atoms with van der Waals surface area (Å²) in [4.78, 5) is 12.4. The van der Waals surface area contributed by atoms with Crippen LogP contribution < -0.4 is 0 Å². The van der Waals surface area contributed by atoms with Crippen molar-refractivity contribution >= 4 is 5.97 Å². The third-order valence-corrected chi connectivity index (χ3v) is 4.73. The van der Waals surface area contributed by atoms with Gasteiger partial charge >= 0.3 is 5.97 Å². The second-order valence-corrected chi connectivity index (χ2v) is 8.26. The van der Waals surface area contributed by atoms with E-state index < -0.39 is 0 Å². The molecule has 130 valence electrons. The zero-order chi connectivity index (χ0) is 17.2. The maximum Gasteiger partial charge on any atom is 0.328 e. The number of rotatable bonds is 4. The first-order valence-electron chi connectivity index (χ1n) is 8.64. The minimum atomic E-state index is -0.243. The lowest BCUT2D eigenvalue weighted by atomic mass is 9.75. The van der Waals surface area contributed by atoms with E-state index in [2.05, 4.69) is 36.3 Å². The molecule has 0 radical (unpaired) electrons. The molecule has 1 aliphatic rings. The molecule has 0 amide bonds. The molecule has 0 N–H and O–H groups in total. The van der Waals surface area contributed by atoms with Crippen molar-refractivity contribution in [1.29, 1.82) is 0 Å². The summed E-state index contributed by atoms with van der Waals surface area (Å²) < 4.78 is 7.38. The second-order valence-electron chi connectivity index (χ2n) is 8.26. The number of ether oxygens (including phenoxy) is 1. The zero-order valence-electron chi connectivity index (χ0n) is 15.2. The molecular weight excluding hydrogens is 292 g/mol. The van der Waals surface area contributed by atoms with Gasteiger partial charge in [0.15, 0.2) is 5.82 Å². The molecule has 1 aliphatic carbocycles. The third kappa shape index (κ3) is 4.52. The van der Waals surface area contributed by atoms with E-state index in [1.54, 1.807) is 4.68 Å². The van der Waals surface area contributed by atoms with Crippen molar-refractivity contribution in [2.45, 2.75) is 78.9 Å². The number of nitrogens with zero attached hydrogens (tertiary/aromatic N) is 4. The van der Waals surface area contributed by atoms with Gasteiger partial charge in [-0.05, 0) is 41.0 Å². The van der Waals surface area contributed by atoms with Crippen molar-refractivity contribution < 1.29 is 9.53 Å². The lowest BCUT2D eigenvalue weighted by Crippen LogP contribution is -2.37. The summed E-state index contributed by atoms with van der Waals surface area (Å²) >= 11 is 0. The highest BCUT2D eigenvalue weighted by molar-refractivity contribution is 5.69. The highest BCUT2D eigenvalue weighted by Crippen LogP contribution is 2.35. The van der Waals surface area contributed by atoms with Crippen LogP contribution >= 0.6 is 0 Å². The van der Waals surface area contributed by atoms with Crippen LogP contribution in [0.1, 0.15) is 66.6 Å². The smallest absolute Gasteiger partial charge is 0.328 e. The first kappa shape index (κ1) is 17.9. The Morgan fingerprint density at radius 1 is 1.35 bits per heavy atom. The van der Waals surface area contributed by atoms with Crippen LogP contribution in [0, 0.1) is 17.8 Å². The Morgan fingerprint density at radius 2 is 2.04 bits per heavy atom. The van der Waals surface area contributed by atoms with E-state index in [-0.39, 0.29) is 24.0 Å². The summed E-state index contributed by atoms with van der Waals surface area (Å²) in [6.45, 7) is 12.8. The van der Waals surface area contributed by atoms with Crippen LogP contribution in [0.2, 0.25) is 0 Å². The molecule has 1 aromatic rings. The van der Waals surface area contributed by atoms with Crippen LogP contribution in [-0.2, 0) is 21.5 Å². The van der Waals surface area contributed by atoms with Gasteiger partial charge in [-0.1, -0.05) is 48.0 Å². The van der Waals surface area contributed by atoms with Crippen molar-refractivity contribution in [3.8, 4) is 0 Å². The van der Waals surface area contributed by atoms with Crippen LogP contribution in [0.5, 0.6) is 0 Å². The molecule has 1 aromatic heterocycles. The third-order valence-electron chi connectivity index (χ3n) is 4.73. The normalized spacial score (nSPS) is 25.6. The molecule has 0 saturated heterocycles. The molecule has 0 spiro atoms. The first-order chi connectivity index (χ1) is 10.7. The standard InChI is InChI=1S/C17H30N4O2/c1-11(2)13-8-7-12(3)9-14(13)23-15(22)10-21-16(17(4,5)6)18-19-20-21/h11-14H,7-10H2,1-6H3. The Kier molecular flexibility index (Phi) is 5.42. The van der Waals surface area contributed by atoms with Gasteiger partial charge in [-0.3, -0.25) is 4.79 Å². The summed E-state index contributed by atoms with van der Waals surface area (Å²) in [5.74, 6) is 2.05. The number of carbonyl (C=O) groups excluding carboxylic acids is 1. The van der Waals surface area contributed by atoms with Gasteiger partial charge in [-0.2, -0.15) is 0 Å². The molecule has 6 nitrogen and oxygen atoms in total. The summed E-state index contributed by atoms with van der Waals surface area (Å²) in [7, 11) is 0. The highest BCUT2D eigenvalue weighted by Gasteiger charge is 2.33. The van der Waals surface area contributed by atoms with Crippen LogP contribution in [0.15, 0.2) is 0 Å². The Hall–Kier alpha value is -1.46. The Bertz CT molecular complexity index is 533. The highest BCUT2D eigenvalue weighted by atomic mass is 16.5. The van der Waals surface area contributed by atoms with Crippen LogP contribution in [0.3, 0.4) is 0 Å². The first-order valence-corrected chi connectivity index (χ1v) is 8.64. The molecule has 0 bridgehead atoms. The van der Waals surface area contributed by atoms with Gasteiger partial charge in [-0.25, -0.2) is 4.68 Å². The molecule has 3 atom stereocenters. The summed E-state index contributed by atoms with van der Waals surface area (Å²) in [5, 5.41) is 11.7.